The summed E-state index contributed by atoms with van der Waals surface area (Å²) in [6, 6.07) is 0. The maximum absolute atomic E-state index is 5.69. The summed E-state index contributed by atoms with van der Waals surface area (Å²) in [4.78, 5) is 7.23. The minimum absolute atomic E-state index is 0.460. The third-order valence-corrected chi connectivity index (χ3v) is 5.25. The first-order valence-corrected chi connectivity index (χ1v) is 7.91. The summed E-state index contributed by atoms with van der Waals surface area (Å²) in [5.74, 6) is 0. The molecule has 2 saturated heterocycles. The molecule has 2 aliphatic rings. The van der Waals surface area contributed by atoms with Crippen molar-refractivity contribution in [2.75, 3.05) is 26.3 Å². The Bertz CT molecular complexity index is 398. The van der Waals surface area contributed by atoms with Crippen LogP contribution in [0.5, 0.6) is 0 Å². The Morgan fingerprint density at radius 2 is 2.44 bits per heavy atom. The molecule has 4 heteroatoms. The summed E-state index contributed by atoms with van der Waals surface area (Å²) in [6.07, 6.45) is 4.95. The molecule has 1 unspecified atom stereocenters. The number of nitrogens with zero attached hydrogens (tertiary/aromatic N) is 2. The second kappa shape index (κ2) is 5.27. The van der Waals surface area contributed by atoms with E-state index < -0.39 is 0 Å². The molecular formula is C14H22N2OS. The van der Waals surface area contributed by atoms with Gasteiger partial charge in [-0.05, 0) is 32.2 Å². The van der Waals surface area contributed by atoms with Crippen LogP contribution >= 0.6 is 11.3 Å². The first-order chi connectivity index (χ1) is 8.80. The monoisotopic (exact) mass is 266 g/mol. The average molecular weight is 266 g/mol. The van der Waals surface area contributed by atoms with Gasteiger partial charge in [0.25, 0.3) is 0 Å². The van der Waals surface area contributed by atoms with E-state index in [4.69, 9.17) is 4.74 Å². The Balaban J connectivity index is 1.58. The summed E-state index contributed by atoms with van der Waals surface area (Å²) in [5, 5.41) is 3.49. The molecule has 0 aromatic carbocycles. The number of aryl methyl sites for hydroxylation is 1. The first kappa shape index (κ1) is 12.6. The molecule has 3 rings (SSSR count). The van der Waals surface area contributed by atoms with E-state index in [9.17, 15) is 0 Å². The van der Waals surface area contributed by atoms with Gasteiger partial charge in [0, 0.05) is 30.5 Å². The molecule has 0 aliphatic carbocycles. The Labute approximate surface area is 113 Å². The third kappa shape index (κ3) is 2.60. The molecule has 1 atom stereocenters. The Morgan fingerprint density at radius 3 is 3.17 bits per heavy atom. The molecule has 3 heterocycles. The molecule has 18 heavy (non-hydrogen) atoms. The normalized spacial score (nSPS) is 29.2. The van der Waals surface area contributed by atoms with Crippen LogP contribution in [0.3, 0.4) is 0 Å². The maximum Gasteiger partial charge on any atom is 0.0926 e. The molecule has 100 valence electrons. The van der Waals surface area contributed by atoms with Gasteiger partial charge in [0.05, 0.1) is 17.3 Å². The van der Waals surface area contributed by atoms with E-state index in [1.165, 1.54) is 43.1 Å². The van der Waals surface area contributed by atoms with Crippen LogP contribution in [-0.2, 0) is 17.7 Å². The van der Waals surface area contributed by atoms with E-state index in [-0.39, 0.29) is 0 Å². The zero-order valence-corrected chi connectivity index (χ0v) is 12.0. The van der Waals surface area contributed by atoms with Gasteiger partial charge in [-0.2, -0.15) is 0 Å². The van der Waals surface area contributed by atoms with Crippen LogP contribution in [0.25, 0.3) is 0 Å². The number of hydrogen-bond donors (Lipinski definition) is 0. The SMILES string of the molecule is CCc1nc(CN2CCC3(CCCOC3)C2)cs1. The van der Waals surface area contributed by atoms with Crippen LogP contribution in [-0.4, -0.2) is 36.2 Å². The molecule has 0 amide bonds. The lowest BCUT2D eigenvalue weighted by molar-refractivity contribution is -0.00252. The van der Waals surface area contributed by atoms with Gasteiger partial charge in [0.1, 0.15) is 0 Å². The van der Waals surface area contributed by atoms with Crippen LogP contribution in [0.15, 0.2) is 5.38 Å². The second-order valence-electron chi connectivity index (χ2n) is 5.70. The molecule has 1 spiro atoms. The lowest BCUT2D eigenvalue weighted by atomic mass is 9.82. The number of aromatic nitrogens is 1. The van der Waals surface area contributed by atoms with Crippen molar-refractivity contribution in [1.29, 1.82) is 0 Å². The van der Waals surface area contributed by atoms with Crippen molar-refractivity contribution < 1.29 is 4.74 Å². The van der Waals surface area contributed by atoms with Crippen LogP contribution in [0.2, 0.25) is 0 Å². The van der Waals surface area contributed by atoms with Crippen molar-refractivity contribution in [2.24, 2.45) is 5.41 Å². The quantitative estimate of drug-likeness (QED) is 0.841. The number of thiazole rings is 1. The number of ether oxygens (including phenoxy) is 1. The van der Waals surface area contributed by atoms with Crippen molar-refractivity contribution in [3.05, 3.63) is 16.1 Å². The highest BCUT2D eigenvalue weighted by Gasteiger charge is 2.39. The summed E-state index contributed by atoms with van der Waals surface area (Å²) < 4.78 is 5.69. The standard InChI is InChI=1S/C14H22N2OS/c1-2-13-15-12(9-18-13)8-16-6-5-14(10-16)4-3-7-17-11-14/h9H,2-8,10-11H2,1H3. The number of likely N-dealkylation sites (tertiary alicyclic amines) is 1. The van der Waals surface area contributed by atoms with Gasteiger partial charge >= 0.3 is 0 Å². The lowest BCUT2D eigenvalue weighted by Crippen LogP contribution is -2.34. The fourth-order valence-corrected chi connectivity index (χ4v) is 3.94. The molecule has 2 aliphatic heterocycles. The predicted molar refractivity (Wildman–Crippen MR) is 73.9 cm³/mol. The van der Waals surface area contributed by atoms with Crippen molar-refractivity contribution in [3.8, 4) is 0 Å². The summed E-state index contributed by atoms with van der Waals surface area (Å²) in [6.45, 7) is 7.55. The van der Waals surface area contributed by atoms with Crippen molar-refractivity contribution >= 4 is 11.3 Å². The zero-order valence-electron chi connectivity index (χ0n) is 11.2. The van der Waals surface area contributed by atoms with Crippen LogP contribution in [0, 0.1) is 5.41 Å². The molecular weight excluding hydrogens is 244 g/mol. The fraction of sp³-hybridized carbons (Fsp3) is 0.786. The Kier molecular flexibility index (Phi) is 3.68. The molecule has 1 aromatic heterocycles. The minimum atomic E-state index is 0.460. The fourth-order valence-electron chi connectivity index (χ4n) is 3.21. The van der Waals surface area contributed by atoms with Crippen molar-refractivity contribution in [2.45, 2.75) is 39.2 Å². The lowest BCUT2D eigenvalue weighted by Gasteiger charge is -2.33. The van der Waals surface area contributed by atoms with Gasteiger partial charge in [-0.25, -0.2) is 4.98 Å². The average Bonchev–Trinajstić information content (AvgIpc) is 2.99. The van der Waals surface area contributed by atoms with E-state index in [0.29, 0.717) is 5.41 Å². The van der Waals surface area contributed by atoms with Crippen LogP contribution in [0.1, 0.15) is 36.9 Å². The van der Waals surface area contributed by atoms with Gasteiger partial charge in [0.15, 0.2) is 0 Å². The Morgan fingerprint density at radius 1 is 1.50 bits per heavy atom. The maximum atomic E-state index is 5.69. The summed E-state index contributed by atoms with van der Waals surface area (Å²) >= 11 is 1.80. The van der Waals surface area contributed by atoms with Gasteiger partial charge in [0.2, 0.25) is 0 Å². The smallest absolute Gasteiger partial charge is 0.0926 e. The Hall–Kier alpha value is -0.450. The number of hydrogen-bond acceptors (Lipinski definition) is 4. The summed E-state index contributed by atoms with van der Waals surface area (Å²) in [7, 11) is 0. The third-order valence-electron chi connectivity index (χ3n) is 4.21. The van der Waals surface area contributed by atoms with Crippen LogP contribution in [0.4, 0.5) is 0 Å². The van der Waals surface area contributed by atoms with Gasteiger partial charge in [-0.1, -0.05) is 6.92 Å². The minimum Gasteiger partial charge on any atom is -0.381 e. The van der Waals surface area contributed by atoms with Crippen LogP contribution < -0.4 is 0 Å². The zero-order chi connectivity index (χ0) is 12.4. The van der Waals surface area contributed by atoms with E-state index in [1.807, 2.05) is 0 Å². The van der Waals surface area contributed by atoms with E-state index in [2.05, 4.69) is 22.2 Å². The van der Waals surface area contributed by atoms with Gasteiger partial charge in [-0.3, -0.25) is 4.90 Å². The summed E-state index contributed by atoms with van der Waals surface area (Å²) in [5.41, 5.74) is 1.72. The molecule has 0 N–H and O–H groups in total. The molecule has 2 fully saturated rings. The van der Waals surface area contributed by atoms with Gasteiger partial charge in [-0.15, -0.1) is 11.3 Å². The molecule has 3 nitrogen and oxygen atoms in total. The highest BCUT2D eigenvalue weighted by atomic mass is 32.1. The van der Waals surface area contributed by atoms with Gasteiger partial charge < -0.3 is 4.74 Å². The highest BCUT2D eigenvalue weighted by Crippen LogP contribution is 2.38. The van der Waals surface area contributed by atoms with E-state index in [0.717, 1.165) is 26.2 Å². The predicted octanol–water partition coefficient (Wildman–Crippen LogP) is 2.71. The van der Waals surface area contributed by atoms with E-state index >= 15 is 0 Å². The highest BCUT2D eigenvalue weighted by molar-refractivity contribution is 7.09. The molecule has 0 radical (unpaired) electrons. The molecule has 0 bridgehead atoms. The largest absolute Gasteiger partial charge is 0.381 e. The molecule has 0 saturated carbocycles. The molecule has 1 aromatic rings. The second-order valence-corrected chi connectivity index (χ2v) is 6.65. The number of rotatable bonds is 3. The van der Waals surface area contributed by atoms with E-state index in [1.54, 1.807) is 11.3 Å². The van der Waals surface area contributed by atoms with Crippen molar-refractivity contribution in [1.82, 2.24) is 9.88 Å². The topological polar surface area (TPSA) is 25.4 Å². The van der Waals surface area contributed by atoms with Crippen molar-refractivity contribution in [3.63, 3.8) is 0 Å². The first-order valence-electron chi connectivity index (χ1n) is 7.03.